The van der Waals surface area contributed by atoms with Gasteiger partial charge in [0.1, 0.15) is 6.07 Å². The normalized spacial score (nSPS) is 11.6. The molecule has 8 aromatic carbocycles. The molecule has 7 nitrogen and oxygen atoms in total. The lowest BCUT2D eigenvalue weighted by atomic mass is 9.90. The number of hydrogen-bond acceptors (Lipinski definition) is 5. The first kappa shape index (κ1) is 42.3. The third-order valence-corrected chi connectivity index (χ3v) is 12.2. The second kappa shape index (κ2) is 15.8. The van der Waals surface area contributed by atoms with Gasteiger partial charge in [-0.1, -0.05) is 66.7 Å². The van der Waals surface area contributed by atoms with E-state index in [9.17, 15) is 26.3 Å². The Labute approximate surface area is 382 Å². The molecule has 322 valence electrons. The Kier molecular flexibility index (Phi) is 9.85. The quantitative estimate of drug-likeness (QED) is 0.159. The summed E-state index contributed by atoms with van der Waals surface area (Å²) in [6, 6.07) is 48.5. The summed E-state index contributed by atoms with van der Waals surface area (Å²) in [7, 11) is 0. The highest BCUT2D eigenvalue weighted by atomic mass is 19.4. The van der Waals surface area contributed by atoms with Crippen molar-refractivity contribution in [3.05, 3.63) is 191 Å². The highest BCUT2D eigenvalue weighted by Gasteiger charge is 2.42. The fourth-order valence-electron chi connectivity index (χ4n) is 9.27. The molecule has 0 amide bonds. The molecule has 13 heteroatoms. The van der Waals surface area contributed by atoms with Crippen LogP contribution in [0.15, 0.2) is 152 Å². The molecule has 0 atom stereocenters. The largest absolute Gasteiger partial charge is 0.417 e. The zero-order valence-electron chi connectivity index (χ0n) is 34.8. The van der Waals surface area contributed by atoms with Crippen LogP contribution in [0, 0.1) is 56.7 Å². The average Bonchev–Trinajstić information content (AvgIpc) is 3.86. The van der Waals surface area contributed by atoms with Crippen molar-refractivity contribution in [2.75, 3.05) is 0 Å². The third kappa shape index (κ3) is 6.73. The minimum atomic E-state index is -5.27. The van der Waals surface area contributed by atoms with E-state index in [1.54, 1.807) is 112 Å². The number of nitriles is 5. The van der Waals surface area contributed by atoms with E-state index in [-0.39, 0.29) is 39.2 Å². The van der Waals surface area contributed by atoms with E-state index in [1.165, 1.54) is 24.3 Å². The number of alkyl halides is 6. The topological polar surface area (TPSA) is 129 Å². The van der Waals surface area contributed by atoms with Crippen molar-refractivity contribution in [1.29, 1.82) is 26.3 Å². The molecule has 0 radical (unpaired) electrons. The predicted octanol–water partition coefficient (Wildman–Crippen LogP) is 14.3. The molecule has 0 fully saturated rings. The predicted molar refractivity (Wildman–Crippen MR) is 245 cm³/mol. The van der Waals surface area contributed by atoms with Crippen LogP contribution in [0.3, 0.4) is 0 Å². The summed E-state index contributed by atoms with van der Waals surface area (Å²) in [4.78, 5) is 0. The van der Waals surface area contributed by atoms with Gasteiger partial charge in [-0.2, -0.15) is 52.7 Å². The molecule has 0 aliphatic heterocycles. The van der Waals surface area contributed by atoms with Crippen molar-refractivity contribution in [2.45, 2.75) is 12.4 Å². The summed E-state index contributed by atoms with van der Waals surface area (Å²) in [5.41, 5.74) is 0.0165. The molecule has 10 aromatic rings. The van der Waals surface area contributed by atoms with Crippen LogP contribution in [0.1, 0.15) is 38.9 Å². The molecular weight excluding hydrogens is 873 g/mol. The van der Waals surface area contributed by atoms with Gasteiger partial charge in [0.25, 0.3) is 0 Å². The first-order chi connectivity index (χ1) is 32.8. The molecule has 0 saturated carbocycles. The van der Waals surface area contributed by atoms with E-state index >= 15 is 26.3 Å². The van der Waals surface area contributed by atoms with Crippen molar-refractivity contribution in [2.24, 2.45) is 0 Å². The Morgan fingerprint density at radius 2 is 0.794 bits per heavy atom. The molecular formula is C55H25F6N7. The second-order valence-corrected chi connectivity index (χ2v) is 15.9. The molecule has 10 rings (SSSR count). The third-order valence-electron chi connectivity index (χ3n) is 12.2. The first-order valence-electron chi connectivity index (χ1n) is 20.6. The Balaban J connectivity index is 1.32. The summed E-state index contributed by atoms with van der Waals surface area (Å²) >= 11 is 0. The number of nitrogens with zero attached hydrogens (tertiary/aromatic N) is 7. The van der Waals surface area contributed by atoms with Gasteiger partial charge in [-0.25, -0.2) is 0 Å². The van der Waals surface area contributed by atoms with Crippen LogP contribution < -0.4 is 0 Å². The maximum absolute atomic E-state index is 15.3. The van der Waals surface area contributed by atoms with Crippen molar-refractivity contribution < 1.29 is 26.3 Å². The van der Waals surface area contributed by atoms with Gasteiger partial charge in [-0.3, -0.25) is 0 Å². The van der Waals surface area contributed by atoms with Gasteiger partial charge in [0.05, 0.1) is 96.7 Å². The van der Waals surface area contributed by atoms with Crippen LogP contribution in [-0.2, 0) is 12.4 Å². The van der Waals surface area contributed by atoms with Crippen LogP contribution in [0.4, 0.5) is 26.3 Å². The van der Waals surface area contributed by atoms with Gasteiger partial charge < -0.3 is 9.13 Å². The molecule has 68 heavy (non-hydrogen) atoms. The number of halogens is 6. The lowest BCUT2D eigenvalue weighted by Gasteiger charge is -2.24. The Hall–Kier alpha value is -9.61. The summed E-state index contributed by atoms with van der Waals surface area (Å²) in [5, 5.41) is 52.4. The second-order valence-electron chi connectivity index (χ2n) is 15.9. The van der Waals surface area contributed by atoms with Crippen molar-refractivity contribution in [3.8, 4) is 75.1 Å². The Bertz CT molecular complexity index is 3990. The molecule has 0 aliphatic carbocycles. The smallest absolute Gasteiger partial charge is 0.309 e. The van der Waals surface area contributed by atoms with Crippen molar-refractivity contribution in [1.82, 2.24) is 9.13 Å². The summed E-state index contributed by atoms with van der Waals surface area (Å²) in [6.45, 7) is 0. The molecule has 0 N–H and O–H groups in total. The molecule has 2 aromatic heterocycles. The van der Waals surface area contributed by atoms with Gasteiger partial charge in [0.2, 0.25) is 0 Å². The van der Waals surface area contributed by atoms with E-state index in [0.717, 1.165) is 6.07 Å². The maximum atomic E-state index is 15.3. The number of aromatic nitrogens is 2. The number of para-hydroxylation sites is 2. The highest BCUT2D eigenvalue weighted by molar-refractivity contribution is 6.13. The van der Waals surface area contributed by atoms with Crippen LogP contribution >= 0.6 is 0 Å². The first-order valence-corrected chi connectivity index (χ1v) is 20.6. The minimum absolute atomic E-state index is 0.000656. The molecule has 0 saturated heterocycles. The summed E-state index contributed by atoms with van der Waals surface area (Å²) in [6.07, 6.45) is -10.5. The lowest BCUT2D eigenvalue weighted by molar-refractivity contribution is -0.142. The fraction of sp³-hybridized carbons (Fsp3) is 0.0364. The van der Waals surface area contributed by atoms with Crippen LogP contribution in [-0.4, -0.2) is 9.13 Å². The van der Waals surface area contributed by atoms with Crippen molar-refractivity contribution >= 4 is 43.6 Å². The van der Waals surface area contributed by atoms with Gasteiger partial charge >= 0.3 is 12.4 Å². The van der Waals surface area contributed by atoms with E-state index in [1.807, 2.05) is 18.2 Å². The monoisotopic (exact) mass is 897 g/mol. The maximum Gasteiger partial charge on any atom is 0.417 e. The van der Waals surface area contributed by atoms with E-state index in [4.69, 9.17) is 0 Å². The molecule has 0 aliphatic rings. The molecule has 2 heterocycles. The number of rotatable bonds is 5. The molecule has 0 unspecified atom stereocenters. The van der Waals surface area contributed by atoms with Gasteiger partial charge in [0, 0.05) is 32.7 Å². The zero-order chi connectivity index (χ0) is 47.6. The average molecular weight is 898 g/mol. The number of hydrogen-bond donors (Lipinski definition) is 0. The SMILES string of the molecule is N#Cc1ccc(-c2ccc3c(c2)c2ccccc2n3-c2cc(-c3c(C(F)(F)F)cccc3C(F)(F)F)c(-n3c4ccccc4c4cc(-c5ccc(C#N)cc5C#N)ccc43)cc2C#N)c(C#N)c1. The highest BCUT2D eigenvalue weighted by Crippen LogP contribution is 2.49. The zero-order valence-corrected chi connectivity index (χ0v) is 34.8. The lowest BCUT2D eigenvalue weighted by Crippen LogP contribution is -2.15. The number of fused-ring (bicyclic) bond motifs is 6. The molecule has 0 spiro atoms. The fourth-order valence-corrected chi connectivity index (χ4v) is 9.27. The number of benzene rings is 8. The van der Waals surface area contributed by atoms with Crippen LogP contribution in [0.2, 0.25) is 0 Å². The van der Waals surface area contributed by atoms with E-state index in [0.29, 0.717) is 78.0 Å². The Morgan fingerprint density at radius 3 is 1.24 bits per heavy atom. The summed E-state index contributed by atoms with van der Waals surface area (Å²) in [5.74, 6) is 0. The van der Waals surface area contributed by atoms with Gasteiger partial charge in [0.15, 0.2) is 0 Å². The van der Waals surface area contributed by atoms with E-state index in [2.05, 4.69) is 18.2 Å². The van der Waals surface area contributed by atoms with Crippen LogP contribution in [0.5, 0.6) is 0 Å². The van der Waals surface area contributed by atoms with Crippen LogP contribution in [0.25, 0.3) is 88.4 Å². The molecule has 0 bridgehead atoms. The van der Waals surface area contributed by atoms with E-state index < -0.39 is 34.6 Å². The Morgan fingerprint density at radius 1 is 0.353 bits per heavy atom. The van der Waals surface area contributed by atoms with Crippen molar-refractivity contribution in [3.63, 3.8) is 0 Å². The van der Waals surface area contributed by atoms with Gasteiger partial charge in [-0.15, -0.1) is 0 Å². The standard InChI is InChI=1S/C55H25F6N7/c56-54(57,58)45-8-5-9-46(55(59,60)61)53(45)44-25-51(67-47-10-3-1-6-40(47)42-22-33(14-18-49(42)67)38-16-12-31(26-62)20-35(38)28-64)37(30-66)24-52(44)68-48-11-4-2-7-41(48)43-23-34(15-19-50(43)68)39-17-13-32(27-63)21-36(39)29-65/h1-25H. The summed E-state index contributed by atoms with van der Waals surface area (Å²) < 4.78 is 95.0. The minimum Gasteiger partial charge on any atom is -0.309 e. The van der Waals surface area contributed by atoms with Gasteiger partial charge in [-0.05, 0) is 107 Å².